The van der Waals surface area contributed by atoms with Gasteiger partial charge in [-0.2, -0.15) is 4.98 Å². The molecule has 1 amide bonds. The van der Waals surface area contributed by atoms with Crippen LogP contribution in [0.25, 0.3) is 11.6 Å². The molecule has 7 nitrogen and oxygen atoms in total. The molecule has 1 saturated heterocycles. The molecule has 4 rings (SSSR count). The van der Waals surface area contributed by atoms with E-state index in [-0.39, 0.29) is 11.8 Å². The predicted molar refractivity (Wildman–Crippen MR) is 104 cm³/mol. The fraction of sp³-hybridized carbons (Fsp3) is 0.350. The Balaban J connectivity index is 1.36. The van der Waals surface area contributed by atoms with Crippen molar-refractivity contribution in [1.82, 2.24) is 25.0 Å². The topological polar surface area (TPSA) is 85.0 Å². The molecule has 3 aromatic rings. The van der Waals surface area contributed by atoms with E-state index in [2.05, 4.69) is 20.1 Å². The highest BCUT2D eigenvalue weighted by molar-refractivity contribution is 6.31. The molecule has 28 heavy (non-hydrogen) atoms. The van der Waals surface area contributed by atoms with Gasteiger partial charge in [-0.1, -0.05) is 35.0 Å². The van der Waals surface area contributed by atoms with E-state index in [1.165, 1.54) is 0 Å². The van der Waals surface area contributed by atoms with Crippen molar-refractivity contribution in [2.24, 2.45) is 0 Å². The fourth-order valence-electron chi connectivity index (χ4n) is 3.31. The van der Waals surface area contributed by atoms with E-state index in [4.69, 9.17) is 16.1 Å². The summed E-state index contributed by atoms with van der Waals surface area (Å²) in [5.41, 5.74) is 2.26. The summed E-state index contributed by atoms with van der Waals surface area (Å²) in [6.07, 6.45) is 5.22. The van der Waals surface area contributed by atoms with Gasteiger partial charge in [-0.3, -0.25) is 9.78 Å². The van der Waals surface area contributed by atoms with Crippen molar-refractivity contribution in [3.8, 4) is 11.6 Å². The Morgan fingerprint density at radius 1 is 1.21 bits per heavy atom. The van der Waals surface area contributed by atoms with Crippen molar-refractivity contribution in [3.63, 3.8) is 0 Å². The molecule has 2 aromatic heterocycles. The van der Waals surface area contributed by atoms with E-state index >= 15 is 0 Å². The standard InChI is InChI=1S/C20H20ClN5O2/c1-13-11-23-17(12-22-13)20-24-19(25-28-20)14-6-8-26(9-7-14)18(27)10-15-4-2-3-5-16(15)21/h2-5,11-12,14H,6-10H2,1H3. The maximum atomic E-state index is 12.6. The first-order chi connectivity index (χ1) is 13.6. The number of benzene rings is 1. The van der Waals surface area contributed by atoms with Crippen molar-refractivity contribution in [2.75, 3.05) is 13.1 Å². The summed E-state index contributed by atoms with van der Waals surface area (Å²) in [7, 11) is 0. The molecular weight excluding hydrogens is 378 g/mol. The third-order valence-electron chi connectivity index (χ3n) is 4.95. The lowest BCUT2D eigenvalue weighted by Crippen LogP contribution is -2.39. The number of carbonyl (C=O) groups is 1. The van der Waals surface area contributed by atoms with Crippen LogP contribution in [0.5, 0.6) is 0 Å². The van der Waals surface area contributed by atoms with Crippen LogP contribution in [0.3, 0.4) is 0 Å². The predicted octanol–water partition coefficient (Wildman–Crippen LogP) is 3.44. The van der Waals surface area contributed by atoms with E-state index in [1.54, 1.807) is 12.4 Å². The molecule has 0 aliphatic carbocycles. The summed E-state index contributed by atoms with van der Waals surface area (Å²) in [6, 6.07) is 7.46. The van der Waals surface area contributed by atoms with Gasteiger partial charge in [0, 0.05) is 30.2 Å². The minimum Gasteiger partial charge on any atom is -0.342 e. The normalized spacial score (nSPS) is 15.0. The number of piperidine rings is 1. The molecule has 0 atom stereocenters. The minimum atomic E-state index is 0.0929. The fourth-order valence-corrected chi connectivity index (χ4v) is 3.51. The monoisotopic (exact) mass is 397 g/mol. The van der Waals surface area contributed by atoms with Crippen LogP contribution in [0.4, 0.5) is 0 Å². The van der Waals surface area contributed by atoms with Crippen LogP contribution in [0.1, 0.15) is 35.8 Å². The van der Waals surface area contributed by atoms with Gasteiger partial charge in [0.2, 0.25) is 5.91 Å². The maximum absolute atomic E-state index is 12.6. The van der Waals surface area contributed by atoms with Crippen LogP contribution in [0, 0.1) is 6.92 Å². The number of aromatic nitrogens is 4. The maximum Gasteiger partial charge on any atom is 0.278 e. The molecule has 144 valence electrons. The van der Waals surface area contributed by atoms with Crippen LogP contribution < -0.4 is 0 Å². The van der Waals surface area contributed by atoms with E-state index < -0.39 is 0 Å². The summed E-state index contributed by atoms with van der Waals surface area (Å²) < 4.78 is 5.35. The molecular formula is C20H20ClN5O2. The van der Waals surface area contributed by atoms with Gasteiger partial charge >= 0.3 is 0 Å². The SMILES string of the molecule is Cc1cnc(-c2nc(C3CCN(C(=O)Cc4ccccc4Cl)CC3)no2)cn1. The second-order valence-electron chi connectivity index (χ2n) is 6.92. The number of rotatable bonds is 4. The van der Waals surface area contributed by atoms with E-state index in [9.17, 15) is 4.79 Å². The second-order valence-corrected chi connectivity index (χ2v) is 7.33. The largest absolute Gasteiger partial charge is 0.342 e. The van der Waals surface area contributed by atoms with Gasteiger partial charge in [0.05, 0.1) is 18.3 Å². The molecule has 0 N–H and O–H groups in total. The van der Waals surface area contributed by atoms with Gasteiger partial charge < -0.3 is 9.42 Å². The quantitative estimate of drug-likeness (QED) is 0.670. The van der Waals surface area contributed by atoms with Crippen molar-refractivity contribution in [1.29, 1.82) is 0 Å². The Labute approximate surface area is 167 Å². The smallest absolute Gasteiger partial charge is 0.278 e. The first-order valence-electron chi connectivity index (χ1n) is 9.24. The number of carbonyl (C=O) groups excluding carboxylic acids is 1. The number of hydrogen-bond donors (Lipinski definition) is 0. The molecule has 3 heterocycles. The summed E-state index contributed by atoms with van der Waals surface area (Å²) in [5.74, 6) is 1.30. The van der Waals surface area contributed by atoms with Gasteiger partial charge in [0.1, 0.15) is 5.69 Å². The lowest BCUT2D eigenvalue weighted by Gasteiger charge is -2.30. The van der Waals surface area contributed by atoms with Crippen molar-refractivity contribution in [3.05, 3.63) is 58.8 Å². The number of nitrogens with zero attached hydrogens (tertiary/aromatic N) is 5. The molecule has 1 aromatic carbocycles. The highest BCUT2D eigenvalue weighted by Gasteiger charge is 2.27. The van der Waals surface area contributed by atoms with Crippen molar-refractivity contribution in [2.45, 2.75) is 32.1 Å². The Morgan fingerprint density at radius 2 is 2.00 bits per heavy atom. The third-order valence-corrected chi connectivity index (χ3v) is 5.32. The molecule has 1 aliphatic rings. The van der Waals surface area contributed by atoms with Gasteiger partial charge in [0.15, 0.2) is 5.82 Å². The van der Waals surface area contributed by atoms with Gasteiger partial charge in [-0.05, 0) is 31.4 Å². The van der Waals surface area contributed by atoms with Crippen molar-refractivity contribution < 1.29 is 9.32 Å². The van der Waals surface area contributed by atoms with Crippen LogP contribution in [0.15, 0.2) is 41.2 Å². The lowest BCUT2D eigenvalue weighted by molar-refractivity contribution is -0.131. The van der Waals surface area contributed by atoms with Crippen LogP contribution in [-0.4, -0.2) is 44.0 Å². The molecule has 1 aliphatic heterocycles. The van der Waals surface area contributed by atoms with Gasteiger partial charge in [-0.15, -0.1) is 0 Å². The van der Waals surface area contributed by atoms with E-state index in [0.717, 1.165) is 24.1 Å². The Morgan fingerprint density at radius 3 is 2.71 bits per heavy atom. The number of likely N-dealkylation sites (tertiary alicyclic amines) is 1. The summed E-state index contributed by atoms with van der Waals surface area (Å²) in [6.45, 7) is 3.21. The molecule has 0 bridgehead atoms. The van der Waals surface area contributed by atoms with E-state index in [0.29, 0.717) is 41.9 Å². The average molecular weight is 398 g/mol. The highest BCUT2D eigenvalue weighted by Crippen LogP contribution is 2.28. The summed E-state index contributed by atoms with van der Waals surface area (Å²) in [5, 5.41) is 4.74. The Kier molecular flexibility index (Phi) is 5.34. The summed E-state index contributed by atoms with van der Waals surface area (Å²) in [4.78, 5) is 27.4. The lowest BCUT2D eigenvalue weighted by atomic mass is 9.95. The zero-order valence-electron chi connectivity index (χ0n) is 15.5. The summed E-state index contributed by atoms with van der Waals surface area (Å²) >= 11 is 6.16. The highest BCUT2D eigenvalue weighted by atomic mass is 35.5. The zero-order valence-corrected chi connectivity index (χ0v) is 16.3. The molecule has 0 saturated carbocycles. The van der Waals surface area contributed by atoms with Gasteiger partial charge in [-0.25, -0.2) is 4.98 Å². The average Bonchev–Trinajstić information content (AvgIpc) is 3.20. The molecule has 1 fully saturated rings. The Hall–Kier alpha value is -2.80. The molecule has 0 radical (unpaired) electrons. The van der Waals surface area contributed by atoms with Crippen LogP contribution in [-0.2, 0) is 11.2 Å². The minimum absolute atomic E-state index is 0.0929. The second kappa shape index (κ2) is 8.06. The van der Waals surface area contributed by atoms with Crippen LogP contribution in [0.2, 0.25) is 5.02 Å². The molecule has 8 heteroatoms. The Bertz CT molecular complexity index is 965. The third kappa shape index (κ3) is 4.04. The first-order valence-corrected chi connectivity index (χ1v) is 9.62. The number of amides is 1. The first kappa shape index (κ1) is 18.6. The van der Waals surface area contributed by atoms with Gasteiger partial charge in [0.25, 0.3) is 5.89 Å². The molecule has 0 unspecified atom stereocenters. The zero-order chi connectivity index (χ0) is 19.5. The number of aryl methyl sites for hydroxylation is 1. The van der Waals surface area contributed by atoms with Crippen LogP contribution >= 0.6 is 11.6 Å². The molecule has 0 spiro atoms. The number of halogens is 1. The van der Waals surface area contributed by atoms with Crippen molar-refractivity contribution >= 4 is 17.5 Å². The number of hydrogen-bond acceptors (Lipinski definition) is 6. The van der Waals surface area contributed by atoms with E-state index in [1.807, 2.05) is 36.1 Å².